The molecule has 2 aromatic heterocycles. The summed E-state index contributed by atoms with van der Waals surface area (Å²) >= 11 is 6.20. The van der Waals surface area contributed by atoms with E-state index < -0.39 is 0 Å². The first-order chi connectivity index (χ1) is 9.88. The van der Waals surface area contributed by atoms with Crippen molar-refractivity contribution in [3.8, 4) is 0 Å². The number of rotatable bonds is 4. The third-order valence-electron chi connectivity index (χ3n) is 3.30. The number of amides is 1. The van der Waals surface area contributed by atoms with Crippen LogP contribution in [0.15, 0.2) is 18.5 Å². The number of aryl methyl sites for hydroxylation is 3. The van der Waals surface area contributed by atoms with Crippen LogP contribution in [0.4, 0.5) is 0 Å². The normalized spacial score (nSPS) is 12.2. The standard InChI is InChI=1S/C15H19ClN4O/c1-9-5-13(16)14(17-6-9)10(2)7-18-15(21)12-8-20(4)19-11(12)3/h5-6,8,10H,7H2,1-4H3,(H,18,21). The fourth-order valence-electron chi connectivity index (χ4n) is 2.17. The number of nitrogens with zero attached hydrogens (tertiary/aromatic N) is 3. The van der Waals surface area contributed by atoms with Gasteiger partial charge in [-0.1, -0.05) is 18.5 Å². The fourth-order valence-corrected chi connectivity index (χ4v) is 2.57. The summed E-state index contributed by atoms with van der Waals surface area (Å²) < 4.78 is 1.63. The Morgan fingerprint density at radius 1 is 1.48 bits per heavy atom. The van der Waals surface area contributed by atoms with Crippen LogP contribution in [0, 0.1) is 13.8 Å². The second kappa shape index (κ2) is 6.26. The first-order valence-electron chi connectivity index (χ1n) is 6.79. The van der Waals surface area contributed by atoms with Gasteiger partial charge in [0.05, 0.1) is 22.0 Å². The van der Waals surface area contributed by atoms with Gasteiger partial charge in [0.15, 0.2) is 0 Å². The molecule has 21 heavy (non-hydrogen) atoms. The molecule has 112 valence electrons. The Balaban J connectivity index is 2.02. The number of carbonyl (C=O) groups excluding carboxylic acids is 1. The van der Waals surface area contributed by atoms with Crippen molar-refractivity contribution in [3.05, 3.63) is 46.0 Å². The Morgan fingerprint density at radius 3 is 2.76 bits per heavy atom. The minimum Gasteiger partial charge on any atom is -0.351 e. The Hall–Kier alpha value is -1.88. The molecule has 1 atom stereocenters. The quantitative estimate of drug-likeness (QED) is 0.944. The molecule has 0 fully saturated rings. The van der Waals surface area contributed by atoms with Crippen LogP contribution in [0.2, 0.25) is 5.02 Å². The molecule has 0 spiro atoms. The van der Waals surface area contributed by atoms with Crippen LogP contribution in [0.3, 0.4) is 0 Å². The third kappa shape index (κ3) is 3.61. The van der Waals surface area contributed by atoms with Gasteiger partial charge in [0.2, 0.25) is 0 Å². The average Bonchev–Trinajstić information content (AvgIpc) is 2.74. The number of hydrogen-bond acceptors (Lipinski definition) is 3. The summed E-state index contributed by atoms with van der Waals surface area (Å²) in [4.78, 5) is 16.5. The molecule has 2 aromatic rings. The van der Waals surface area contributed by atoms with Crippen LogP contribution < -0.4 is 5.32 Å². The zero-order valence-electron chi connectivity index (χ0n) is 12.6. The van der Waals surface area contributed by atoms with Crippen LogP contribution in [0.1, 0.15) is 40.2 Å². The van der Waals surface area contributed by atoms with Crippen molar-refractivity contribution in [2.24, 2.45) is 7.05 Å². The summed E-state index contributed by atoms with van der Waals surface area (Å²) in [6.07, 6.45) is 3.50. The van der Waals surface area contributed by atoms with Crippen LogP contribution in [0.5, 0.6) is 0 Å². The highest BCUT2D eigenvalue weighted by Crippen LogP contribution is 2.22. The molecular formula is C15H19ClN4O. The van der Waals surface area contributed by atoms with Crippen molar-refractivity contribution in [3.63, 3.8) is 0 Å². The number of pyridine rings is 1. The number of aromatic nitrogens is 3. The third-order valence-corrected chi connectivity index (χ3v) is 3.60. The largest absolute Gasteiger partial charge is 0.351 e. The van der Waals surface area contributed by atoms with Gasteiger partial charge in [-0.15, -0.1) is 0 Å². The minimum absolute atomic E-state index is 0.0408. The van der Waals surface area contributed by atoms with Crippen molar-refractivity contribution in [2.75, 3.05) is 6.54 Å². The first-order valence-corrected chi connectivity index (χ1v) is 7.16. The van der Waals surface area contributed by atoms with Crippen molar-refractivity contribution in [2.45, 2.75) is 26.7 Å². The highest BCUT2D eigenvalue weighted by atomic mass is 35.5. The lowest BCUT2D eigenvalue weighted by atomic mass is 10.1. The molecule has 1 unspecified atom stereocenters. The zero-order valence-corrected chi connectivity index (χ0v) is 13.4. The van der Waals surface area contributed by atoms with Gasteiger partial charge in [-0.05, 0) is 25.5 Å². The van der Waals surface area contributed by atoms with Crippen LogP contribution in [-0.2, 0) is 7.05 Å². The number of nitrogens with one attached hydrogen (secondary N) is 1. The predicted octanol–water partition coefficient (Wildman–Crippen LogP) is 2.62. The van der Waals surface area contributed by atoms with Gasteiger partial charge < -0.3 is 5.32 Å². The lowest BCUT2D eigenvalue weighted by Gasteiger charge is -2.13. The minimum atomic E-state index is -0.129. The topological polar surface area (TPSA) is 59.8 Å². The van der Waals surface area contributed by atoms with Crippen molar-refractivity contribution >= 4 is 17.5 Å². The van der Waals surface area contributed by atoms with Gasteiger partial charge in [0.25, 0.3) is 5.91 Å². The van der Waals surface area contributed by atoms with Gasteiger partial charge in [-0.2, -0.15) is 5.10 Å². The second-order valence-corrected chi connectivity index (χ2v) is 5.70. The molecule has 2 heterocycles. The Kier molecular flexibility index (Phi) is 4.63. The summed E-state index contributed by atoms with van der Waals surface area (Å²) in [5.74, 6) is -0.0882. The maximum atomic E-state index is 12.1. The lowest BCUT2D eigenvalue weighted by Crippen LogP contribution is -2.28. The van der Waals surface area contributed by atoms with E-state index in [-0.39, 0.29) is 11.8 Å². The molecule has 2 rings (SSSR count). The van der Waals surface area contributed by atoms with E-state index >= 15 is 0 Å². The number of carbonyl (C=O) groups is 1. The predicted molar refractivity (Wildman–Crippen MR) is 82.7 cm³/mol. The molecule has 1 amide bonds. The molecule has 0 aliphatic rings. The van der Waals surface area contributed by atoms with Crippen LogP contribution in [0.25, 0.3) is 0 Å². The molecular weight excluding hydrogens is 288 g/mol. The van der Waals surface area contributed by atoms with Gasteiger partial charge in [-0.3, -0.25) is 14.5 Å². The van der Waals surface area contributed by atoms with E-state index in [2.05, 4.69) is 15.4 Å². The molecule has 5 nitrogen and oxygen atoms in total. The monoisotopic (exact) mass is 306 g/mol. The van der Waals surface area contributed by atoms with E-state index in [1.165, 1.54) is 0 Å². The van der Waals surface area contributed by atoms with Crippen molar-refractivity contribution < 1.29 is 4.79 Å². The highest BCUT2D eigenvalue weighted by molar-refractivity contribution is 6.31. The second-order valence-electron chi connectivity index (χ2n) is 5.29. The zero-order chi connectivity index (χ0) is 15.6. The summed E-state index contributed by atoms with van der Waals surface area (Å²) in [5.41, 5.74) is 3.12. The molecule has 0 aliphatic heterocycles. The molecule has 0 saturated carbocycles. The molecule has 0 aliphatic carbocycles. The maximum absolute atomic E-state index is 12.1. The molecule has 0 bridgehead atoms. The molecule has 0 saturated heterocycles. The smallest absolute Gasteiger partial charge is 0.254 e. The van der Waals surface area contributed by atoms with Gasteiger partial charge in [-0.25, -0.2) is 0 Å². The SMILES string of the molecule is Cc1cnc(C(C)CNC(=O)c2cn(C)nc2C)c(Cl)c1. The number of hydrogen-bond donors (Lipinski definition) is 1. The molecule has 6 heteroatoms. The summed E-state index contributed by atoms with van der Waals surface area (Å²) in [6.45, 7) is 6.22. The maximum Gasteiger partial charge on any atom is 0.254 e. The van der Waals surface area contributed by atoms with Gasteiger partial charge in [0, 0.05) is 31.9 Å². The average molecular weight is 307 g/mol. The molecule has 1 N–H and O–H groups in total. The summed E-state index contributed by atoms with van der Waals surface area (Å²) in [7, 11) is 1.79. The Labute approximate surface area is 129 Å². The van der Waals surface area contributed by atoms with Crippen molar-refractivity contribution in [1.82, 2.24) is 20.1 Å². The van der Waals surface area contributed by atoms with Gasteiger partial charge in [0.1, 0.15) is 0 Å². The van der Waals surface area contributed by atoms with E-state index in [0.717, 1.165) is 11.3 Å². The lowest BCUT2D eigenvalue weighted by molar-refractivity contribution is 0.0951. The summed E-state index contributed by atoms with van der Waals surface area (Å²) in [5, 5.41) is 7.70. The van der Waals surface area contributed by atoms with Crippen LogP contribution >= 0.6 is 11.6 Å². The molecule has 0 radical (unpaired) electrons. The van der Waals surface area contributed by atoms with E-state index in [9.17, 15) is 4.79 Å². The van der Waals surface area contributed by atoms with Crippen LogP contribution in [-0.4, -0.2) is 27.2 Å². The first kappa shape index (κ1) is 15.5. The fraction of sp³-hybridized carbons (Fsp3) is 0.400. The van der Waals surface area contributed by atoms with Gasteiger partial charge >= 0.3 is 0 Å². The van der Waals surface area contributed by atoms with Crippen molar-refractivity contribution in [1.29, 1.82) is 0 Å². The van der Waals surface area contributed by atoms with E-state index in [0.29, 0.717) is 22.8 Å². The summed E-state index contributed by atoms with van der Waals surface area (Å²) in [6, 6.07) is 1.88. The molecule has 0 aromatic carbocycles. The Morgan fingerprint density at radius 2 is 2.19 bits per heavy atom. The van der Waals surface area contributed by atoms with E-state index in [1.807, 2.05) is 26.8 Å². The Bertz CT molecular complexity index is 666. The number of halogens is 1. The highest BCUT2D eigenvalue weighted by Gasteiger charge is 2.16. The van der Waals surface area contributed by atoms with E-state index in [1.54, 1.807) is 24.1 Å². The van der Waals surface area contributed by atoms with E-state index in [4.69, 9.17) is 11.6 Å².